The van der Waals surface area contributed by atoms with Crippen LogP contribution in [0.3, 0.4) is 0 Å². The van der Waals surface area contributed by atoms with Crippen LogP contribution >= 0.6 is 0 Å². The first kappa shape index (κ1) is 15.9. The molecule has 0 aliphatic carbocycles. The van der Waals surface area contributed by atoms with Crippen molar-refractivity contribution in [3.8, 4) is 0 Å². The highest BCUT2D eigenvalue weighted by Crippen LogP contribution is 2.09. The lowest BCUT2D eigenvalue weighted by atomic mass is 9.97. The number of carbonyl (C=O) groups excluding carboxylic acids is 1. The number of likely N-dealkylation sites (N-methyl/N-ethyl adjacent to an activating group) is 1. The molecule has 0 spiro atoms. The van der Waals surface area contributed by atoms with Gasteiger partial charge in [0.1, 0.15) is 6.04 Å². The Hall–Kier alpha value is -1.10. The number of carbonyl (C=O) groups is 2. The summed E-state index contributed by atoms with van der Waals surface area (Å²) in [7, 11) is 1.70. The fraction of sp³-hybridized carbons (Fsp3) is 0.833. The summed E-state index contributed by atoms with van der Waals surface area (Å²) >= 11 is 0. The molecule has 0 saturated carbocycles. The maximum absolute atomic E-state index is 11.9. The lowest BCUT2D eigenvalue weighted by molar-refractivity contribution is -0.143. The summed E-state index contributed by atoms with van der Waals surface area (Å²) in [6.07, 6.45) is 0.711. The van der Waals surface area contributed by atoms with Crippen LogP contribution in [0.15, 0.2) is 0 Å². The van der Waals surface area contributed by atoms with Gasteiger partial charge >= 0.3 is 5.97 Å². The van der Waals surface area contributed by atoms with E-state index in [0.717, 1.165) is 0 Å². The summed E-state index contributed by atoms with van der Waals surface area (Å²) in [6, 6.07) is -1.18. The topological polar surface area (TPSA) is 78.4 Å². The second kappa shape index (κ2) is 7.27. The van der Waals surface area contributed by atoms with Crippen molar-refractivity contribution in [2.45, 2.75) is 46.2 Å². The predicted molar refractivity (Wildman–Crippen MR) is 66.7 cm³/mol. The third kappa shape index (κ3) is 4.73. The van der Waals surface area contributed by atoms with Crippen LogP contribution in [-0.2, 0) is 9.59 Å². The van der Waals surface area contributed by atoms with Gasteiger partial charge in [0.25, 0.3) is 0 Å². The smallest absolute Gasteiger partial charge is 0.326 e. The molecule has 3 unspecified atom stereocenters. The normalized spacial score (nSPS) is 16.4. The highest BCUT2D eigenvalue weighted by Gasteiger charge is 2.29. The van der Waals surface area contributed by atoms with Gasteiger partial charge in [-0.3, -0.25) is 4.79 Å². The van der Waals surface area contributed by atoms with E-state index in [1.54, 1.807) is 7.05 Å². The zero-order valence-corrected chi connectivity index (χ0v) is 11.3. The largest absolute Gasteiger partial charge is 0.480 e. The van der Waals surface area contributed by atoms with E-state index in [1.807, 2.05) is 27.7 Å². The van der Waals surface area contributed by atoms with Crippen molar-refractivity contribution in [1.29, 1.82) is 0 Å². The molecule has 0 bridgehead atoms. The van der Waals surface area contributed by atoms with Crippen LogP contribution in [0.2, 0.25) is 0 Å². The van der Waals surface area contributed by atoms with Crippen LogP contribution in [0.4, 0.5) is 0 Å². The maximum Gasteiger partial charge on any atom is 0.326 e. The summed E-state index contributed by atoms with van der Waals surface area (Å²) < 4.78 is 0. The number of amides is 1. The van der Waals surface area contributed by atoms with Crippen LogP contribution in [0.5, 0.6) is 0 Å². The van der Waals surface area contributed by atoms with Crippen molar-refractivity contribution < 1.29 is 14.7 Å². The standard InChI is InChI=1S/C12H24N2O3/c1-6-8(4)10(12(16)17)14-11(15)9(13-5)7(2)3/h7-10,13H,6H2,1-5H3,(H,14,15)(H,16,17). The first-order valence-corrected chi connectivity index (χ1v) is 6.05. The van der Waals surface area contributed by atoms with Gasteiger partial charge in [0, 0.05) is 0 Å². The number of rotatable bonds is 7. The molecule has 1 amide bonds. The Balaban J connectivity index is 4.65. The van der Waals surface area contributed by atoms with Crippen LogP contribution in [0, 0.1) is 11.8 Å². The van der Waals surface area contributed by atoms with E-state index in [2.05, 4.69) is 10.6 Å². The Morgan fingerprint density at radius 1 is 1.18 bits per heavy atom. The molecule has 5 nitrogen and oxygen atoms in total. The molecule has 0 rings (SSSR count). The van der Waals surface area contributed by atoms with E-state index in [9.17, 15) is 9.59 Å². The molecule has 0 aromatic carbocycles. The van der Waals surface area contributed by atoms with E-state index >= 15 is 0 Å². The fourth-order valence-corrected chi connectivity index (χ4v) is 1.69. The highest BCUT2D eigenvalue weighted by atomic mass is 16.4. The summed E-state index contributed by atoms with van der Waals surface area (Å²) in [4.78, 5) is 23.0. The Morgan fingerprint density at radius 2 is 1.71 bits per heavy atom. The third-order valence-electron chi connectivity index (χ3n) is 3.04. The van der Waals surface area contributed by atoms with E-state index < -0.39 is 12.0 Å². The second-order valence-electron chi connectivity index (χ2n) is 4.72. The lowest BCUT2D eigenvalue weighted by Gasteiger charge is -2.25. The summed E-state index contributed by atoms with van der Waals surface area (Å²) in [6.45, 7) is 7.56. The summed E-state index contributed by atoms with van der Waals surface area (Å²) in [5, 5.41) is 14.6. The van der Waals surface area contributed by atoms with Crippen LogP contribution in [0.25, 0.3) is 0 Å². The number of nitrogens with one attached hydrogen (secondary N) is 2. The van der Waals surface area contributed by atoms with Crippen LogP contribution < -0.4 is 10.6 Å². The number of carboxylic acid groups (broad SMARTS) is 1. The molecule has 3 N–H and O–H groups in total. The summed E-state index contributed by atoms with van der Waals surface area (Å²) in [5.41, 5.74) is 0. The third-order valence-corrected chi connectivity index (χ3v) is 3.04. The Bertz CT molecular complexity index is 266. The van der Waals surface area contributed by atoms with Crippen molar-refractivity contribution in [3.05, 3.63) is 0 Å². The number of carboxylic acids is 1. The van der Waals surface area contributed by atoms with Crippen molar-refractivity contribution in [1.82, 2.24) is 10.6 Å². The molecule has 0 aliphatic rings. The molecule has 5 heteroatoms. The Kier molecular flexibility index (Phi) is 6.80. The molecule has 0 heterocycles. The van der Waals surface area contributed by atoms with E-state index in [0.29, 0.717) is 6.42 Å². The van der Waals surface area contributed by atoms with Gasteiger partial charge in [-0.1, -0.05) is 34.1 Å². The van der Waals surface area contributed by atoms with Gasteiger partial charge in [0.05, 0.1) is 6.04 Å². The Labute approximate surface area is 103 Å². The van der Waals surface area contributed by atoms with E-state index in [4.69, 9.17) is 5.11 Å². The molecule has 0 aromatic rings. The zero-order chi connectivity index (χ0) is 13.6. The van der Waals surface area contributed by atoms with Gasteiger partial charge in [0.15, 0.2) is 0 Å². The quantitative estimate of drug-likeness (QED) is 0.620. The Morgan fingerprint density at radius 3 is 2.00 bits per heavy atom. The van der Waals surface area contributed by atoms with Gasteiger partial charge in [0.2, 0.25) is 5.91 Å². The molecular weight excluding hydrogens is 220 g/mol. The molecule has 0 fully saturated rings. The zero-order valence-electron chi connectivity index (χ0n) is 11.3. The lowest BCUT2D eigenvalue weighted by Crippen LogP contribution is -2.53. The number of aliphatic carboxylic acids is 1. The van der Waals surface area contributed by atoms with Gasteiger partial charge in [-0.15, -0.1) is 0 Å². The monoisotopic (exact) mass is 244 g/mol. The van der Waals surface area contributed by atoms with Gasteiger partial charge in [-0.2, -0.15) is 0 Å². The molecule has 100 valence electrons. The number of hydrogen-bond acceptors (Lipinski definition) is 3. The molecule has 0 saturated heterocycles. The molecule has 0 aromatic heterocycles. The predicted octanol–water partition coefficient (Wildman–Crippen LogP) is 0.846. The summed E-state index contributed by atoms with van der Waals surface area (Å²) in [5.74, 6) is -1.20. The first-order valence-electron chi connectivity index (χ1n) is 6.05. The van der Waals surface area contributed by atoms with Gasteiger partial charge in [-0.05, 0) is 18.9 Å². The van der Waals surface area contributed by atoms with Crippen molar-refractivity contribution in [2.24, 2.45) is 11.8 Å². The number of hydrogen-bond donors (Lipinski definition) is 3. The SMILES string of the molecule is CCC(C)C(NC(=O)C(NC)C(C)C)C(=O)O. The van der Waals surface area contributed by atoms with Crippen molar-refractivity contribution in [3.63, 3.8) is 0 Å². The highest BCUT2D eigenvalue weighted by molar-refractivity contribution is 5.87. The average Bonchev–Trinajstić information content (AvgIpc) is 2.24. The minimum atomic E-state index is -0.980. The minimum absolute atomic E-state index is 0.0823. The first-order chi connectivity index (χ1) is 7.84. The van der Waals surface area contributed by atoms with Crippen LogP contribution in [0.1, 0.15) is 34.1 Å². The van der Waals surface area contributed by atoms with E-state index in [1.165, 1.54) is 0 Å². The molecule has 3 atom stereocenters. The van der Waals surface area contributed by atoms with Crippen molar-refractivity contribution >= 4 is 11.9 Å². The molecule has 0 aliphatic heterocycles. The average molecular weight is 244 g/mol. The maximum atomic E-state index is 11.9. The van der Waals surface area contributed by atoms with Gasteiger partial charge in [-0.25, -0.2) is 4.79 Å². The fourth-order valence-electron chi connectivity index (χ4n) is 1.69. The molecular formula is C12H24N2O3. The van der Waals surface area contributed by atoms with Gasteiger partial charge < -0.3 is 15.7 Å². The van der Waals surface area contributed by atoms with Crippen molar-refractivity contribution in [2.75, 3.05) is 7.05 Å². The van der Waals surface area contributed by atoms with Crippen LogP contribution in [-0.4, -0.2) is 36.1 Å². The minimum Gasteiger partial charge on any atom is -0.480 e. The van der Waals surface area contributed by atoms with E-state index in [-0.39, 0.29) is 23.8 Å². The molecule has 0 radical (unpaired) electrons. The molecule has 17 heavy (non-hydrogen) atoms. The second-order valence-corrected chi connectivity index (χ2v) is 4.72.